The van der Waals surface area contributed by atoms with Crippen molar-refractivity contribution in [1.82, 2.24) is 9.13 Å². The Hall–Kier alpha value is -6.98. The Morgan fingerprint density at radius 3 is 1.45 bits per heavy atom. The van der Waals surface area contributed by atoms with Crippen molar-refractivity contribution in [3.05, 3.63) is 194 Å². The van der Waals surface area contributed by atoms with Crippen molar-refractivity contribution < 1.29 is 0 Å². The molecule has 2 nitrogen and oxygen atoms in total. The second-order valence-corrected chi connectivity index (χ2v) is 17.4. The van der Waals surface area contributed by atoms with E-state index in [1.54, 1.807) is 0 Å². The van der Waals surface area contributed by atoms with Crippen LogP contribution in [0.1, 0.15) is 0 Å². The third-order valence-corrected chi connectivity index (χ3v) is 14.5. The number of benzene rings is 9. The van der Waals surface area contributed by atoms with E-state index in [2.05, 4.69) is 203 Å². The van der Waals surface area contributed by atoms with Crippen molar-refractivity contribution in [2.75, 3.05) is 0 Å². The normalized spacial score (nSPS) is 12.1. The summed E-state index contributed by atoms with van der Waals surface area (Å²) in [6, 6.07) is 71.8. The molecular weight excluding hydrogens is 741 g/mol. The molecule has 0 saturated carbocycles. The van der Waals surface area contributed by atoms with E-state index in [1.807, 2.05) is 22.7 Å². The Labute approximate surface area is 341 Å². The minimum Gasteiger partial charge on any atom is -0.309 e. The molecule has 0 atom stereocenters. The van der Waals surface area contributed by atoms with Gasteiger partial charge in [0, 0.05) is 68.6 Å². The number of hydrogen-bond donors (Lipinski definition) is 0. The summed E-state index contributed by atoms with van der Waals surface area (Å²) in [7, 11) is 0. The van der Waals surface area contributed by atoms with Crippen molar-refractivity contribution in [1.29, 1.82) is 0 Å². The number of hydrogen-bond acceptors (Lipinski definition) is 2. The average Bonchev–Trinajstić information content (AvgIpc) is 4.04. The molecule has 0 saturated heterocycles. The first-order chi connectivity index (χ1) is 28.7. The third-order valence-electron chi connectivity index (χ3n) is 12.1. The Kier molecular flexibility index (Phi) is 6.79. The third kappa shape index (κ3) is 4.64. The van der Waals surface area contributed by atoms with Gasteiger partial charge in [0.25, 0.3) is 0 Å². The van der Waals surface area contributed by atoms with E-state index in [4.69, 9.17) is 0 Å². The van der Waals surface area contributed by atoms with Gasteiger partial charge in [0.1, 0.15) is 0 Å². The van der Waals surface area contributed by atoms with Crippen LogP contribution in [-0.2, 0) is 0 Å². The molecule has 4 aromatic heterocycles. The molecule has 0 amide bonds. The molecule has 0 N–H and O–H groups in total. The summed E-state index contributed by atoms with van der Waals surface area (Å²) in [5, 5.41) is 10.4. The number of para-hydroxylation sites is 2. The highest BCUT2D eigenvalue weighted by molar-refractivity contribution is 7.26. The minimum absolute atomic E-state index is 1.16. The van der Waals surface area contributed by atoms with Gasteiger partial charge in [-0.15, -0.1) is 22.7 Å². The fraction of sp³-hybridized carbons (Fsp3) is 0. The molecule has 0 aliphatic rings. The molecule has 0 aliphatic carbocycles. The number of fused-ring (bicyclic) bond motifs is 13. The maximum absolute atomic E-state index is 2.46. The van der Waals surface area contributed by atoms with Crippen LogP contribution in [0.5, 0.6) is 0 Å². The Morgan fingerprint density at radius 1 is 0.276 bits per heavy atom. The largest absolute Gasteiger partial charge is 0.309 e. The first kappa shape index (κ1) is 32.1. The number of rotatable bonds is 4. The molecule has 4 heteroatoms. The SMILES string of the molecule is c1ccc2c(c1)sc1ccc(-c3ccc4c(c3)c3ccccc3n4-c3ccc(-c4ccc(-n5c6ccccc6c6ccc7c8ccccc8sc7c65)cc4)cc3)cc12. The van der Waals surface area contributed by atoms with Crippen LogP contribution in [0.3, 0.4) is 0 Å². The van der Waals surface area contributed by atoms with Crippen LogP contribution in [0.2, 0.25) is 0 Å². The Balaban J connectivity index is 0.883. The van der Waals surface area contributed by atoms with Crippen LogP contribution in [-0.4, -0.2) is 9.13 Å². The summed E-state index contributed by atoms with van der Waals surface area (Å²) >= 11 is 3.76. The van der Waals surface area contributed by atoms with Gasteiger partial charge in [-0.1, -0.05) is 121 Å². The summed E-state index contributed by atoms with van der Waals surface area (Å²) in [6.07, 6.45) is 0. The maximum atomic E-state index is 2.46. The molecule has 0 spiro atoms. The van der Waals surface area contributed by atoms with Gasteiger partial charge in [-0.3, -0.25) is 0 Å². The van der Waals surface area contributed by atoms with Crippen molar-refractivity contribution in [3.63, 3.8) is 0 Å². The molecule has 0 fully saturated rings. The van der Waals surface area contributed by atoms with Gasteiger partial charge in [-0.05, 0) is 95.1 Å². The van der Waals surface area contributed by atoms with E-state index < -0.39 is 0 Å². The predicted octanol–water partition coefficient (Wildman–Crippen LogP) is 16.0. The van der Waals surface area contributed by atoms with Crippen LogP contribution < -0.4 is 0 Å². The lowest BCUT2D eigenvalue weighted by Gasteiger charge is -2.12. The van der Waals surface area contributed by atoms with Gasteiger partial charge >= 0.3 is 0 Å². The predicted molar refractivity (Wildman–Crippen MR) is 252 cm³/mol. The molecule has 9 aromatic carbocycles. The van der Waals surface area contributed by atoms with Crippen molar-refractivity contribution in [2.45, 2.75) is 0 Å². The van der Waals surface area contributed by atoms with Crippen LogP contribution in [0.25, 0.3) is 118 Å². The van der Waals surface area contributed by atoms with Gasteiger partial charge in [0.05, 0.1) is 26.8 Å². The second kappa shape index (κ2) is 12.3. The van der Waals surface area contributed by atoms with Crippen LogP contribution >= 0.6 is 22.7 Å². The maximum Gasteiger partial charge on any atom is 0.0719 e. The van der Waals surface area contributed by atoms with Gasteiger partial charge in [0.2, 0.25) is 0 Å². The van der Waals surface area contributed by atoms with E-state index in [1.165, 1.54) is 112 Å². The summed E-state index contributed by atoms with van der Waals surface area (Å²) in [6.45, 7) is 0. The van der Waals surface area contributed by atoms with E-state index in [0.717, 1.165) is 5.69 Å². The first-order valence-electron chi connectivity index (χ1n) is 19.7. The highest BCUT2D eigenvalue weighted by Crippen LogP contribution is 2.44. The monoisotopic (exact) mass is 772 g/mol. The highest BCUT2D eigenvalue weighted by atomic mass is 32.1. The second-order valence-electron chi connectivity index (χ2n) is 15.3. The molecular formula is C54H32N2S2. The topological polar surface area (TPSA) is 9.86 Å². The van der Waals surface area contributed by atoms with Crippen molar-refractivity contribution in [3.8, 4) is 33.6 Å². The molecule has 0 unspecified atom stereocenters. The van der Waals surface area contributed by atoms with Gasteiger partial charge in [0.15, 0.2) is 0 Å². The molecule has 58 heavy (non-hydrogen) atoms. The molecule has 0 radical (unpaired) electrons. The molecule has 4 heterocycles. The Bertz CT molecular complexity index is 3780. The van der Waals surface area contributed by atoms with Crippen LogP contribution in [0, 0.1) is 0 Å². The lowest BCUT2D eigenvalue weighted by molar-refractivity contribution is 1.18. The van der Waals surface area contributed by atoms with Gasteiger partial charge in [-0.2, -0.15) is 0 Å². The zero-order chi connectivity index (χ0) is 37.9. The van der Waals surface area contributed by atoms with Gasteiger partial charge in [-0.25, -0.2) is 0 Å². The van der Waals surface area contributed by atoms with E-state index >= 15 is 0 Å². The van der Waals surface area contributed by atoms with E-state index in [-0.39, 0.29) is 0 Å². The lowest BCUT2D eigenvalue weighted by atomic mass is 10.0. The van der Waals surface area contributed by atoms with Crippen LogP contribution in [0.4, 0.5) is 0 Å². The number of thiophene rings is 2. The fourth-order valence-electron chi connectivity index (χ4n) is 9.44. The molecule has 0 aliphatic heterocycles. The summed E-state index contributed by atoms with van der Waals surface area (Å²) in [4.78, 5) is 0. The molecule has 270 valence electrons. The van der Waals surface area contributed by atoms with E-state index in [9.17, 15) is 0 Å². The zero-order valence-electron chi connectivity index (χ0n) is 31.2. The lowest BCUT2D eigenvalue weighted by Crippen LogP contribution is -1.95. The average molecular weight is 773 g/mol. The van der Waals surface area contributed by atoms with Crippen molar-refractivity contribution in [2.24, 2.45) is 0 Å². The summed E-state index contributed by atoms with van der Waals surface area (Å²) in [5.74, 6) is 0. The van der Waals surface area contributed by atoms with Crippen molar-refractivity contribution >= 4 is 107 Å². The Morgan fingerprint density at radius 2 is 0.741 bits per heavy atom. The zero-order valence-corrected chi connectivity index (χ0v) is 32.8. The molecule has 13 rings (SSSR count). The van der Waals surface area contributed by atoms with Gasteiger partial charge < -0.3 is 9.13 Å². The molecule has 13 aromatic rings. The number of nitrogens with zero attached hydrogens (tertiary/aromatic N) is 2. The smallest absolute Gasteiger partial charge is 0.0719 e. The minimum atomic E-state index is 1.16. The standard InChI is InChI=1S/C54H32N2S2/c1-6-14-48-39(9-1)43-27-28-44-41-11-3-8-16-51(41)58-54(44)53(43)56(48)38-25-19-34(20-26-38)33-17-23-37(24-18-33)55-47-13-5-2-10-40(47)45-31-35(21-29-49(45)55)36-22-30-52-46(32-36)42-12-4-7-15-50(42)57-52/h1-32H. The summed E-state index contributed by atoms with van der Waals surface area (Å²) in [5.41, 5.74) is 12.1. The number of aromatic nitrogens is 2. The molecule has 0 bridgehead atoms. The quantitative estimate of drug-likeness (QED) is 0.169. The first-order valence-corrected chi connectivity index (χ1v) is 21.4. The highest BCUT2D eigenvalue weighted by Gasteiger charge is 2.18. The van der Waals surface area contributed by atoms with E-state index in [0.29, 0.717) is 0 Å². The fourth-order valence-corrected chi connectivity index (χ4v) is 11.8. The summed E-state index contributed by atoms with van der Waals surface area (Å²) < 4.78 is 10.2. The van der Waals surface area contributed by atoms with Crippen LogP contribution in [0.15, 0.2) is 194 Å².